The van der Waals surface area contributed by atoms with Crippen molar-refractivity contribution in [3.05, 3.63) is 34.9 Å². The van der Waals surface area contributed by atoms with E-state index in [2.05, 4.69) is 13.8 Å². The molecule has 2 nitrogen and oxygen atoms in total. The van der Waals surface area contributed by atoms with Gasteiger partial charge in [-0.05, 0) is 43.9 Å². The first-order chi connectivity index (χ1) is 7.82. The first kappa shape index (κ1) is 16.4. The van der Waals surface area contributed by atoms with E-state index in [1.807, 2.05) is 19.1 Å². The van der Waals surface area contributed by atoms with Crippen molar-refractivity contribution in [3.8, 4) is 0 Å². The van der Waals surface area contributed by atoms with Gasteiger partial charge in [0, 0.05) is 5.02 Å². The van der Waals surface area contributed by atoms with Crippen molar-refractivity contribution in [1.82, 2.24) is 0 Å². The van der Waals surface area contributed by atoms with Gasteiger partial charge in [0.25, 0.3) is 0 Å². The topological polar surface area (TPSA) is 40.5 Å². The molecule has 0 amide bonds. The lowest BCUT2D eigenvalue weighted by molar-refractivity contribution is 0.168. The van der Waals surface area contributed by atoms with Crippen LogP contribution in [0.5, 0.6) is 0 Å². The number of rotatable bonds is 3. The predicted octanol–water partition coefficient (Wildman–Crippen LogP) is 3.81. The summed E-state index contributed by atoms with van der Waals surface area (Å²) in [6.45, 7) is 7.75. The van der Waals surface area contributed by atoms with Crippen molar-refractivity contribution in [2.45, 2.75) is 46.3 Å². The number of aliphatic hydroxyl groups is 2. The van der Waals surface area contributed by atoms with Crippen LogP contribution in [0.15, 0.2) is 24.3 Å². The van der Waals surface area contributed by atoms with Gasteiger partial charge in [-0.2, -0.15) is 0 Å². The molecule has 0 radical (unpaired) electrons. The van der Waals surface area contributed by atoms with Gasteiger partial charge >= 0.3 is 0 Å². The summed E-state index contributed by atoms with van der Waals surface area (Å²) in [7, 11) is 0. The molecule has 17 heavy (non-hydrogen) atoms. The van der Waals surface area contributed by atoms with Crippen LogP contribution >= 0.6 is 11.6 Å². The maximum absolute atomic E-state index is 9.07. The summed E-state index contributed by atoms with van der Waals surface area (Å²) < 4.78 is 0. The van der Waals surface area contributed by atoms with E-state index in [0.717, 1.165) is 12.0 Å². The van der Waals surface area contributed by atoms with Crippen LogP contribution in [0.25, 0.3) is 0 Å². The van der Waals surface area contributed by atoms with Crippen LogP contribution in [-0.4, -0.2) is 16.3 Å². The Morgan fingerprint density at radius 1 is 1.00 bits per heavy atom. The van der Waals surface area contributed by atoms with E-state index >= 15 is 0 Å². The monoisotopic (exact) mass is 258 g/mol. The van der Waals surface area contributed by atoms with Crippen molar-refractivity contribution >= 4 is 11.6 Å². The number of halogens is 1. The van der Waals surface area contributed by atoms with E-state index in [1.165, 1.54) is 0 Å². The lowest BCUT2D eigenvalue weighted by Gasteiger charge is -2.04. The Labute approximate surface area is 109 Å². The summed E-state index contributed by atoms with van der Waals surface area (Å²) >= 11 is 5.63. The smallest absolute Gasteiger partial charge is 0.0761 e. The summed E-state index contributed by atoms with van der Waals surface area (Å²) in [4.78, 5) is 0. The minimum absolute atomic E-state index is 0.125. The van der Waals surface area contributed by atoms with Crippen molar-refractivity contribution in [1.29, 1.82) is 0 Å². The Bertz CT molecular complexity index is 286. The van der Waals surface area contributed by atoms with Crippen LogP contribution < -0.4 is 0 Å². The molecule has 0 heterocycles. The predicted molar refractivity (Wildman–Crippen MR) is 73.2 cm³/mol. The molecule has 2 unspecified atom stereocenters. The van der Waals surface area contributed by atoms with Crippen molar-refractivity contribution in [3.63, 3.8) is 0 Å². The van der Waals surface area contributed by atoms with Gasteiger partial charge in [0.2, 0.25) is 0 Å². The van der Waals surface area contributed by atoms with E-state index in [4.69, 9.17) is 21.8 Å². The first-order valence-corrected chi connectivity index (χ1v) is 6.32. The van der Waals surface area contributed by atoms with E-state index in [-0.39, 0.29) is 6.10 Å². The van der Waals surface area contributed by atoms with Crippen LogP contribution in [0.3, 0.4) is 0 Å². The van der Waals surface area contributed by atoms with Gasteiger partial charge in [0.05, 0.1) is 12.2 Å². The Hall–Kier alpha value is -0.570. The molecule has 1 rings (SSSR count). The average Bonchev–Trinajstić information content (AvgIpc) is 2.16. The highest BCUT2D eigenvalue weighted by atomic mass is 35.5. The van der Waals surface area contributed by atoms with E-state index < -0.39 is 6.10 Å². The molecule has 0 aliphatic carbocycles. The highest BCUT2D eigenvalue weighted by Crippen LogP contribution is 2.14. The molecule has 98 valence electrons. The fourth-order valence-electron chi connectivity index (χ4n) is 1.42. The summed E-state index contributed by atoms with van der Waals surface area (Å²) in [5, 5.41) is 18.5. The van der Waals surface area contributed by atoms with Crippen LogP contribution in [0, 0.1) is 5.92 Å². The highest BCUT2D eigenvalue weighted by Gasteiger charge is 1.98. The molecule has 3 heteroatoms. The molecule has 2 atom stereocenters. The third-order valence-corrected chi connectivity index (χ3v) is 2.42. The summed E-state index contributed by atoms with van der Waals surface area (Å²) in [5.74, 6) is 0.625. The molecule has 0 aliphatic rings. The zero-order chi connectivity index (χ0) is 13.4. The van der Waals surface area contributed by atoms with E-state index in [0.29, 0.717) is 10.9 Å². The molecule has 0 saturated heterocycles. The van der Waals surface area contributed by atoms with Gasteiger partial charge in [0.15, 0.2) is 0 Å². The minimum Gasteiger partial charge on any atom is -0.393 e. The second-order valence-corrected chi connectivity index (χ2v) is 5.14. The zero-order valence-electron chi connectivity index (χ0n) is 11.0. The summed E-state index contributed by atoms with van der Waals surface area (Å²) in [6, 6.07) is 7.16. The zero-order valence-corrected chi connectivity index (χ0v) is 11.8. The second kappa shape index (κ2) is 8.51. The van der Waals surface area contributed by atoms with Crippen LogP contribution in [0.4, 0.5) is 0 Å². The van der Waals surface area contributed by atoms with Gasteiger partial charge in [-0.3, -0.25) is 0 Å². The quantitative estimate of drug-likeness (QED) is 0.866. The Kier molecular flexibility index (Phi) is 8.23. The van der Waals surface area contributed by atoms with Crippen LogP contribution in [0.1, 0.15) is 45.8 Å². The number of aliphatic hydroxyl groups excluding tert-OH is 2. The van der Waals surface area contributed by atoms with Crippen molar-refractivity contribution < 1.29 is 10.2 Å². The van der Waals surface area contributed by atoms with Gasteiger partial charge in [-0.1, -0.05) is 37.6 Å². The van der Waals surface area contributed by atoms with Gasteiger partial charge in [-0.15, -0.1) is 0 Å². The van der Waals surface area contributed by atoms with Crippen molar-refractivity contribution in [2.24, 2.45) is 5.92 Å². The molecule has 0 spiro atoms. The maximum Gasteiger partial charge on any atom is 0.0761 e. The molecule has 1 aromatic carbocycles. The Morgan fingerprint density at radius 2 is 1.47 bits per heavy atom. The van der Waals surface area contributed by atoms with Gasteiger partial charge in [-0.25, -0.2) is 0 Å². The molecular formula is C14H23ClO2. The fraction of sp³-hybridized carbons (Fsp3) is 0.571. The standard InChI is InChI=1S/C8H9ClO.C6H14O/c1-6(10)7-2-4-8(9)5-3-7;1-5(2)4-6(3)7/h2-6,10H,1H3;5-7H,4H2,1-3H3. The number of hydrogen-bond acceptors (Lipinski definition) is 2. The SMILES string of the molecule is CC(C)CC(C)O.CC(O)c1ccc(Cl)cc1. The first-order valence-electron chi connectivity index (χ1n) is 5.94. The Morgan fingerprint density at radius 3 is 1.71 bits per heavy atom. The largest absolute Gasteiger partial charge is 0.393 e. The van der Waals surface area contributed by atoms with Gasteiger partial charge in [0.1, 0.15) is 0 Å². The minimum atomic E-state index is -0.405. The number of benzene rings is 1. The molecule has 0 aliphatic heterocycles. The third kappa shape index (κ3) is 9.16. The van der Waals surface area contributed by atoms with Crippen molar-refractivity contribution in [2.75, 3.05) is 0 Å². The molecular weight excluding hydrogens is 236 g/mol. The summed E-state index contributed by atoms with van der Waals surface area (Å²) in [5.41, 5.74) is 0.893. The molecule has 0 bridgehead atoms. The lowest BCUT2D eigenvalue weighted by Crippen LogP contribution is -2.03. The van der Waals surface area contributed by atoms with E-state index in [9.17, 15) is 0 Å². The van der Waals surface area contributed by atoms with Gasteiger partial charge < -0.3 is 10.2 Å². The average molecular weight is 259 g/mol. The maximum atomic E-state index is 9.07. The highest BCUT2D eigenvalue weighted by molar-refractivity contribution is 6.30. The molecule has 2 N–H and O–H groups in total. The Balaban J connectivity index is 0.000000325. The molecule has 0 aromatic heterocycles. The summed E-state index contributed by atoms with van der Waals surface area (Å²) in [6.07, 6.45) is 0.386. The van der Waals surface area contributed by atoms with Crippen LogP contribution in [-0.2, 0) is 0 Å². The second-order valence-electron chi connectivity index (χ2n) is 4.71. The molecule has 0 saturated carbocycles. The third-order valence-electron chi connectivity index (χ3n) is 2.16. The number of hydrogen-bond donors (Lipinski definition) is 2. The molecule has 1 aromatic rings. The molecule has 0 fully saturated rings. The normalized spacial score (nSPS) is 13.9. The fourth-order valence-corrected chi connectivity index (χ4v) is 1.55. The lowest BCUT2D eigenvalue weighted by atomic mass is 10.1. The van der Waals surface area contributed by atoms with E-state index in [1.54, 1.807) is 19.1 Å². The van der Waals surface area contributed by atoms with Crippen LogP contribution in [0.2, 0.25) is 5.02 Å².